The van der Waals surface area contributed by atoms with Crippen molar-refractivity contribution in [2.75, 3.05) is 13.1 Å². The topological polar surface area (TPSA) is 15.3 Å². The first-order chi connectivity index (χ1) is 9.61. The second-order valence-corrected chi connectivity index (χ2v) is 8.27. The molecular formula is C17H28N2S. The Balaban J connectivity index is 1.56. The maximum absolute atomic E-state index is 3.63. The number of piperidine rings is 1. The first kappa shape index (κ1) is 14.6. The third-order valence-corrected chi connectivity index (χ3v) is 6.12. The summed E-state index contributed by atoms with van der Waals surface area (Å²) in [5, 5.41) is 3.63. The van der Waals surface area contributed by atoms with Gasteiger partial charge in [0, 0.05) is 35.4 Å². The van der Waals surface area contributed by atoms with Gasteiger partial charge >= 0.3 is 0 Å². The first-order valence-corrected chi connectivity index (χ1v) is 8.97. The Morgan fingerprint density at radius 1 is 1.25 bits per heavy atom. The molecule has 2 fully saturated rings. The van der Waals surface area contributed by atoms with Gasteiger partial charge in [0.1, 0.15) is 0 Å². The molecule has 1 aromatic rings. The molecule has 2 unspecified atom stereocenters. The number of hydrogen-bond acceptors (Lipinski definition) is 3. The van der Waals surface area contributed by atoms with Crippen molar-refractivity contribution in [3.8, 4) is 0 Å². The van der Waals surface area contributed by atoms with E-state index < -0.39 is 0 Å². The van der Waals surface area contributed by atoms with Gasteiger partial charge in [-0.1, -0.05) is 13.8 Å². The van der Waals surface area contributed by atoms with Crippen LogP contribution in [-0.2, 0) is 13.1 Å². The van der Waals surface area contributed by atoms with Gasteiger partial charge in [0.25, 0.3) is 0 Å². The maximum atomic E-state index is 3.63. The van der Waals surface area contributed by atoms with Gasteiger partial charge < -0.3 is 5.32 Å². The molecule has 20 heavy (non-hydrogen) atoms. The van der Waals surface area contributed by atoms with Gasteiger partial charge in [0.2, 0.25) is 0 Å². The lowest BCUT2D eigenvalue weighted by molar-refractivity contribution is 0.132. The van der Waals surface area contributed by atoms with Crippen LogP contribution >= 0.6 is 11.3 Å². The molecule has 2 nitrogen and oxygen atoms in total. The van der Waals surface area contributed by atoms with E-state index in [9.17, 15) is 0 Å². The zero-order valence-corrected chi connectivity index (χ0v) is 13.9. The number of hydrogen-bond donors (Lipinski definition) is 1. The van der Waals surface area contributed by atoms with Crippen molar-refractivity contribution >= 4 is 11.3 Å². The van der Waals surface area contributed by atoms with Crippen LogP contribution in [0.2, 0.25) is 0 Å². The highest BCUT2D eigenvalue weighted by Crippen LogP contribution is 2.28. The molecule has 3 rings (SSSR count). The average molecular weight is 292 g/mol. The van der Waals surface area contributed by atoms with Crippen LogP contribution in [0.1, 0.15) is 48.4 Å². The van der Waals surface area contributed by atoms with Gasteiger partial charge in [-0.15, -0.1) is 11.3 Å². The minimum atomic E-state index is 0.810. The van der Waals surface area contributed by atoms with Crippen LogP contribution in [-0.4, -0.2) is 24.0 Å². The van der Waals surface area contributed by atoms with Gasteiger partial charge in [0.15, 0.2) is 0 Å². The molecule has 3 heteroatoms. The van der Waals surface area contributed by atoms with Crippen molar-refractivity contribution in [3.63, 3.8) is 0 Å². The van der Waals surface area contributed by atoms with Crippen molar-refractivity contribution in [1.29, 1.82) is 0 Å². The molecule has 1 aliphatic carbocycles. The lowest BCUT2D eigenvalue weighted by Gasteiger charge is -2.35. The fourth-order valence-corrected chi connectivity index (χ4v) is 4.10. The minimum Gasteiger partial charge on any atom is -0.309 e. The largest absolute Gasteiger partial charge is 0.309 e. The predicted octanol–water partition coefficient (Wildman–Crippen LogP) is 3.79. The van der Waals surface area contributed by atoms with E-state index >= 15 is 0 Å². The van der Waals surface area contributed by atoms with Crippen LogP contribution in [0.15, 0.2) is 6.07 Å². The standard InChI is InChI=1S/C17H28N2S/c1-12-6-7-19(10-13(12)2)11-15-8-17(20-14(15)3)9-18-16-4-5-16/h8,12-13,16,18H,4-7,9-11H2,1-3H3. The van der Waals surface area contributed by atoms with Crippen LogP contribution in [0.5, 0.6) is 0 Å². The summed E-state index contributed by atoms with van der Waals surface area (Å²) in [7, 11) is 0. The highest BCUT2D eigenvalue weighted by atomic mass is 32.1. The summed E-state index contributed by atoms with van der Waals surface area (Å²) >= 11 is 1.98. The molecule has 112 valence electrons. The molecule has 0 bridgehead atoms. The number of aryl methyl sites for hydroxylation is 1. The van der Waals surface area contributed by atoms with Crippen molar-refractivity contribution in [2.45, 2.75) is 59.2 Å². The Bertz CT molecular complexity index is 450. The predicted molar refractivity (Wildman–Crippen MR) is 87.1 cm³/mol. The van der Waals surface area contributed by atoms with Crippen molar-refractivity contribution in [2.24, 2.45) is 11.8 Å². The lowest BCUT2D eigenvalue weighted by Crippen LogP contribution is -2.37. The summed E-state index contributed by atoms with van der Waals surface area (Å²) < 4.78 is 0. The van der Waals surface area contributed by atoms with Gasteiger partial charge in [-0.25, -0.2) is 0 Å². The van der Waals surface area contributed by atoms with Crippen molar-refractivity contribution in [3.05, 3.63) is 21.4 Å². The minimum absolute atomic E-state index is 0.810. The number of rotatable bonds is 5. The van der Waals surface area contributed by atoms with Crippen LogP contribution in [0.25, 0.3) is 0 Å². The fourth-order valence-electron chi connectivity index (χ4n) is 3.10. The second-order valence-electron chi connectivity index (χ2n) is 6.93. The normalized spacial score (nSPS) is 27.9. The smallest absolute Gasteiger partial charge is 0.0302 e. The summed E-state index contributed by atoms with van der Waals surface area (Å²) in [6.07, 6.45) is 4.11. The van der Waals surface area contributed by atoms with Crippen LogP contribution in [0.4, 0.5) is 0 Å². The molecule has 1 aliphatic heterocycles. The second kappa shape index (κ2) is 6.17. The third-order valence-electron chi connectivity index (χ3n) is 5.03. The van der Waals surface area contributed by atoms with E-state index in [0.717, 1.165) is 31.0 Å². The molecule has 0 radical (unpaired) electrons. The van der Waals surface area contributed by atoms with Gasteiger partial charge in [-0.2, -0.15) is 0 Å². The molecule has 0 amide bonds. The molecule has 1 saturated heterocycles. The van der Waals surface area contributed by atoms with E-state index in [2.05, 4.69) is 37.1 Å². The SMILES string of the molecule is Cc1sc(CNC2CC2)cc1CN1CCC(C)C(C)C1. The highest BCUT2D eigenvalue weighted by Gasteiger charge is 2.24. The van der Waals surface area contributed by atoms with Crippen molar-refractivity contribution < 1.29 is 0 Å². The number of thiophene rings is 1. The van der Waals surface area contributed by atoms with Crippen molar-refractivity contribution in [1.82, 2.24) is 10.2 Å². The van der Waals surface area contributed by atoms with E-state index in [1.807, 2.05) is 11.3 Å². The molecule has 2 heterocycles. The summed E-state index contributed by atoms with van der Waals surface area (Å²) in [5.41, 5.74) is 1.56. The molecule has 1 aromatic heterocycles. The van der Waals surface area contributed by atoms with E-state index in [0.29, 0.717) is 0 Å². The van der Waals surface area contributed by atoms with Crippen LogP contribution in [0.3, 0.4) is 0 Å². The quantitative estimate of drug-likeness (QED) is 0.888. The Labute approximate surface area is 127 Å². The van der Waals surface area contributed by atoms with Crippen LogP contribution in [0, 0.1) is 18.8 Å². The number of nitrogens with one attached hydrogen (secondary N) is 1. The molecule has 2 aliphatic rings. The zero-order valence-electron chi connectivity index (χ0n) is 13.1. The monoisotopic (exact) mass is 292 g/mol. The summed E-state index contributed by atoms with van der Waals surface area (Å²) in [4.78, 5) is 5.68. The maximum Gasteiger partial charge on any atom is 0.0302 e. The first-order valence-electron chi connectivity index (χ1n) is 8.15. The molecule has 2 atom stereocenters. The Hall–Kier alpha value is -0.380. The van der Waals surface area contributed by atoms with Gasteiger partial charge in [-0.05, 0) is 56.2 Å². The number of likely N-dealkylation sites (tertiary alicyclic amines) is 1. The Morgan fingerprint density at radius 3 is 2.75 bits per heavy atom. The molecule has 0 spiro atoms. The van der Waals surface area contributed by atoms with Gasteiger partial charge in [0.05, 0.1) is 0 Å². The molecule has 0 aromatic carbocycles. The van der Waals surface area contributed by atoms with E-state index in [1.165, 1.54) is 42.1 Å². The summed E-state index contributed by atoms with van der Waals surface area (Å²) in [6.45, 7) is 11.9. The average Bonchev–Trinajstić information content (AvgIpc) is 3.17. The van der Waals surface area contributed by atoms with E-state index in [-0.39, 0.29) is 0 Å². The fraction of sp³-hybridized carbons (Fsp3) is 0.765. The third kappa shape index (κ3) is 3.63. The van der Waals surface area contributed by atoms with Gasteiger partial charge in [-0.3, -0.25) is 4.90 Å². The molecular weight excluding hydrogens is 264 g/mol. The van der Waals surface area contributed by atoms with Crippen LogP contribution < -0.4 is 5.32 Å². The zero-order chi connectivity index (χ0) is 14.1. The summed E-state index contributed by atoms with van der Waals surface area (Å²) in [5.74, 6) is 1.74. The van der Waals surface area contributed by atoms with E-state index in [1.54, 1.807) is 5.56 Å². The Kier molecular flexibility index (Phi) is 4.49. The highest BCUT2D eigenvalue weighted by molar-refractivity contribution is 7.12. The van der Waals surface area contributed by atoms with E-state index in [4.69, 9.17) is 0 Å². The Morgan fingerprint density at radius 2 is 2.05 bits per heavy atom. The molecule has 1 N–H and O–H groups in total. The number of nitrogens with zero attached hydrogens (tertiary/aromatic N) is 1. The molecule has 1 saturated carbocycles. The lowest BCUT2D eigenvalue weighted by atomic mass is 9.88. The summed E-state index contributed by atoms with van der Waals surface area (Å²) in [6, 6.07) is 3.25.